The molecule has 150 valence electrons. The Labute approximate surface area is 192 Å². The van der Waals surface area contributed by atoms with E-state index in [0.717, 1.165) is 26.2 Å². The van der Waals surface area contributed by atoms with Crippen LogP contribution in [0.3, 0.4) is 0 Å². The maximum absolute atomic E-state index is 13.3. The topological polar surface area (TPSA) is 33.2 Å². The molecule has 2 heterocycles. The van der Waals surface area contributed by atoms with Gasteiger partial charge < -0.3 is 4.90 Å². The summed E-state index contributed by atoms with van der Waals surface area (Å²) in [6.45, 7) is 0. The van der Waals surface area contributed by atoms with Gasteiger partial charge in [-0.3, -0.25) is 4.79 Å². The smallest absolute Gasteiger partial charge is 0.238 e. The molecule has 30 heavy (non-hydrogen) atoms. The van der Waals surface area contributed by atoms with Gasteiger partial charge in [0.2, 0.25) is 5.91 Å². The first-order valence-electron chi connectivity index (χ1n) is 9.46. The van der Waals surface area contributed by atoms with E-state index in [9.17, 15) is 4.79 Å². The molecule has 1 amide bonds. The first kappa shape index (κ1) is 19.9. The highest BCUT2D eigenvalue weighted by atomic mass is 35.5. The van der Waals surface area contributed by atoms with Crippen molar-refractivity contribution in [3.05, 3.63) is 83.2 Å². The van der Waals surface area contributed by atoms with Crippen LogP contribution < -0.4 is 4.90 Å². The lowest BCUT2D eigenvalue weighted by Gasteiger charge is -2.40. The summed E-state index contributed by atoms with van der Waals surface area (Å²) in [5, 5.41) is 2.97. The van der Waals surface area contributed by atoms with Gasteiger partial charge in [0.15, 0.2) is 4.34 Å². The van der Waals surface area contributed by atoms with E-state index < -0.39 is 0 Å². The average molecular weight is 469 g/mol. The minimum Gasteiger partial charge on any atom is -0.302 e. The van der Waals surface area contributed by atoms with E-state index in [1.165, 1.54) is 11.8 Å². The van der Waals surface area contributed by atoms with Gasteiger partial charge in [-0.2, -0.15) is 0 Å². The molecule has 2 aliphatic rings. The minimum atomic E-state index is 0.0453. The van der Waals surface area contributed by atoms with Crippen molar-refractivity contribution in [2.24, 2.45) is 0 Å². The van der Waals surface area contributed by atoms with E-state index in [2.05, 4.69) is 24.3 Å². The molecular formula is C23H17ClN2OS3. The van der Waals surface area contributed by atoms with Gasteiger partial charge in [-0.05, 0) is 24.3 Å². The predicted octanol–water partition coefficient (Wildman–Crippen LogP) is 6.56. The normalized spacial score (nSPS) is 19.4. The van der Waals surface area contributed by atoms with E-state index in [0.29, 0.717) is 10.8 Å². The first-order chi connectivity index (χ1) is 14.7. The van der Waals surface area contributed by atoms with E-state index in [1.807, 2.05) is 70.6 Å². The predicted molar refractivity (Wildman–Crippen MR) is 129 cm³/mol. The Balaban J connectivity index is 1.33. The van der Waals surface area contributed by atoms with Crippen molar-refractivity contribution >= 4 is 58.1 Å². The number of carbonyl (C=O) groups is 1. The molecule has 0 saturated carbocycles. The number of rotatable bonds is 4. The van der Waals surface area contributed by atoms with Crippen LogP contribution in [0.4, 0.5) is 5.69 Å². The van der Waals surface area contributed by atoms with Crippen LogP contribution in [-0.2, 0) is 4.79 Å². The van der Waals surface area contributed by atoms with Gasteiger partial charge >= 0.3 is 0 Å². The third-order valence-corrected chi connectivity index (χ3v) is 8.52. The van der Waals surface area contributed by atoms with Gasteiger partial charge in [0.1, 0.15) is 0 Å². The molecule has 0 spiro atoms. The summed E-state index contributed by atoms with van der Waals surface area (Å²) in [5.41, 5.74) is 2.93. The largest absolute Gasteiger partial charge is 0.302 e. The molecular weight excluding hydrogens is 452 g/mol. The SMILES string of the molecule is O=C(CSc1nc(-c2ccc(Cl)cc2)cs1)N1c2ccccc2SC2C=CC=CC21. The monoisotopic (exact) mass is 468 g/mol. The summed E-state index contributed by atoms with van der Waals surface area (Å²) in [7, 11) is 0. The number of thiazole rings is 1. The number of thioether (sulfide) groups is 2. The van der Waals surface area contributed by atoms with Gasteiger partial charge in [-0.25, -0.2) is 4.98 Å². The number of anilines is 1. The third-order valence-electron chi connectivity index (χ3n) is 4.95. The van der Waals surface area contributed by atoms with Crippen molar-refractivity contribution in [2.45, 2.75) is 20.5 Å². The summed E-state index contributed by atoms with van der Waals surface area (Å²) < 4.78 is 0.892. The zero-order chi connectivity index (χ0) is 20.5. The fourth-order valence-electron chi connectivity index (χ4n) is 3.55. The Hall–Kier alpha value is -1.99. The number of hydrogen-bond acceptors (Lipinski definition) is 5. The molecule has 3 aromatic rings. The molecule has 2 atom stereocenters. The minimum absolute atomic E-state index is 0.0453. The number of fused-ring (bicyclic) bond motifs is 2. The van der Waals surface area contributed by atoms with Crippen LogP contribution in [0.15, 0.2) is 87.5 Å². The molecule has 0 N–H and O–H groups in total. The Kier molecular flexibility index (Phi) is 5.74. The van der Waals surface area contributed by atoms with Crippen molar-refractivity contribution in [1.82, 2.24) is 4.98 Å². The van der Waals surface area contributed by atoms with Gasteiger partial charge in [0.25, 0.3) is 0 Å². The number of hydrogen-bond donors (Lipinski definition) is 0. The van der Waals surface area contributed by atoms with Crippen molar-refractivity contribution in [3.63, 3.8) is 0 Å². The van der Waals surface area contributed by atoms with Crippen LogP contribution in [0.25, 0.3) is 11.3 Å². The Morgan fingerprint density at radius 1 is 1.10 bits per heavy atom. The van der Waals surface area contributed by atoms with E-state index in [-0.39, 0.29) is 17.2 Å². The molecule has 0 bridgehead atoms. The molecule has 2 aromatic carbocycles. The van der Waals surface area contributed by atoms with Gasteiger partial charge in [-0.1, -0.05) is 71.9 Å². The second-order valence-electron chi connectivity index (χ2n) is 6.87. The number of benzene rings is 2. The van der Waals surface area contributed by atoms with E-state index >= 15 is 0 Å². The summed E-state index contributed by atoms with van der Waals surface area (Å²) in [6.07, 6.45) is 8.39. The molecule has 0 fully saturated rings. The quantitative estimate of drug-likeness (QED) is 0.406. The summed E-state index contributed by atoms with van der Waals surface area (Å²) in [5.74, 6) is 0.457. The van der Waals surface area contributed by atoms with Gasteiger partial charge in [-0.15, -0.1) is 23.1 Å². The van der Waals surface area contributed by atoms with Gasteiger partial charge in [0, 0.05) is 20.9 Å². The molecule has 1 aliphatic heterocycles. The average Bonchev–Trinajstić information content (AvgIpc) is 3.25. The van der Waals surface area contributed by atoms with Crippen LogP contribution in [-0.4, -0.2) is 27.9 Å². The van der Waals surface area contributed by atoms with Crippen LogP contribution in [0.1, 0.15) is 0 Å². The summed E-state index contributed by atoms with van der Waals surface area (Å²) in [4.78, 5) is 21.1. The van der Waals surface area contributed by atoms with Crippen LogP contribution in [0.5, 0.6) is 0 Å². The Morgan fingerprint density at radius 3 is 2.77 bits per heavy atom. The molecule has 1 aromatic heterocycles. The highest BCUT2D eigenvalue weighted by molar-refractivity contribution is 8.01. The first-order valence-corrected chi connectivity index (χ1v) is 12.6. The molecule has 7 heteroatoms. The highest BCUT2D eigenvalue weighted by Crippen LogP contribution is 2.44. The number of para-hydroxylation sites is 1. The molecule has 5 rings (SSSR count). The third kappa shape index (κ3) is 3.97. The highest BCUT2D eigenvalue weighted by Gasteiger charge is 2.36. The van der Waals surface area contributed by atoms with Crippen LogP contribution >= 0.6 is 46.5 Å². The number of carbonyl (C=O) groups excluding carboxylic acids is 1. The lowest BCUT2D eigenvalue weighted by atomic mass is 10.0. The van der Waals surface area contributed by atoms with Crippen molar-refractivity contribution in [1.29, 1.82) is 0 Å². The lowest BCUT2D eigenvalue weighted by molar-refractivity contribution is -0.116. The maximum Gasteiger partial charge on any atom is 0.238 e. The van der Waals surface area contributed by atoms with Crippen LogP contribution in [0.2, 0.25) is 5.02 Å². The number of amides is 1. The Morgan fingerprint density at radius 2 is 1.90 bits per heavy atom. The number of nitrogens with zero attached hydrogens (tertiary/aromatic N) is 2. The zero-order valence-corrected chi connectivity index (χ0v) is 19.0. The number of halogens is 1. The second-order valence-corrected chi connectivity index (χ2v) is 10.6. The number of allylic oxidation sites excluding steroid dienone is 2. The Bertz CT molecular complexity index is 1140. The molecule has 3 nitrogen and oxygen atoms in total. The molecule has 2 unspecified atom stereocenters. The lowest BCUT2D eigenvalue weighted by Crippen LogP contribution is -2.48. The summed E-state index contributed by atoms with van der Waals surface area (Å²) >= 11 is 10.9. The van der Waals surface area contributed by atoms with Crippen molar-refractivity contribution in [3.8, 4) is 11.3 Å². The fraction of sp³-hybridized carbons (Fsp3) is 0.130. The van der Waals surface area contributed by atoms with E-state index in [1.54, 1.807) is 11.3 Å². The number of aromatic nitrogens is 1. The summed E-state index contributed by atoms with van der Waals surface area (Å²) in [6, 6.07) is 15.8. The molecule has 0 radical (unpaired) electrons. The molecule has 0 saturated heterocycles. The maximum atomic E-state index is 13.3. The van der Waals surface area contributed by atoms with Crippen LogP contribution in [0, 0.1) is 0 Å². The zero-order valence-electron chi connectivity index (χ0n) is 15.8. The van der Waals surface area contributed by atoms with Gasteiger partial charge in [0.05, 0.1) is 28.4 Å². The second kappa shape index (κ2) is 8.63. The van der Waals surface area contributed by atoms with E-state index in [4.69, 9.17) is 16.6 Å². The van der Waals surface area contributed by atoms with Crippen molar-refractivity contribution in [2.75, 3.05) is 10.7 Å². The fourth-order valence-corrected chi connectivity index (χ4v) is 6.63. The standard InChI is InChI=1S/C23H17ClN2OS3/c24-16-11-9-15(10-12-16)17-13-28-23(25-17)29-14-22(27)26-18-5-1-3-7-20(18)30-21-8-4-2-6-19(21)26/h1-13,18,20H,14H2. The molecule has 1 aliphatic carbocycles. The van der Waals surface area contributed by atoms with Crippen molar-refractivity contribution < 1.29 is 4.79 Å².